The van der Waals surface area contributed by atoms with Gasteiger partial charge in [-0.15, -0.1) is 10.2 Å². The molecule has 0 spiro atoms. The topological polar surface area (TPSA) is 75.4 Å². The summed E-state index contributed by atoms with van der Waals surface area (Å²) >= 11 is 0. The molecule has 0 radical (unpaired) electrons. The van der Waals surface area contributed by atoms with Gasteiger partial charge in [-0.2, -0.15) is 0 Å². The summed E-state index contributed by atoms with van der Waals surface area (Å²) in [5.41, 5.74) is 2.38. The number of likely N-dealkylation sites (tertiary alicyclic amines) is 2. The first-order chi connectivity index (χ1) is 16.1. The smallest absolute Gasteiger partial charge is 0.238 e. The molecule has 2 saturated heterocycles. The van der Waals surface area contributed by atoms with Gasteiger partial charge in [-0.3, -0.25) is 14.7 Å². The van der Waals surface area contributed by atoms with Gasteiger partial charge >= 0.3 is 0 Å². The molecule has 0 bridgehead atoms. The molecular weight excluding hydrogens is 414 g/mol. The normalized spacial score (nSPS) is 20.6. The SMILES string of the molecule is CC(C)C(=O)N1CCCCC1c1nnc(C2CCN(Cc3ccnc4ccccc34)CC2)o1. The highest BCUT2D eigenvalue weighted by molar-refractivity contribution is 5.81. The predicted molar refractivity (Wildman–Crippen MR) is 126 cm³/mol. The lowest BCUT2D eigenvalue weighted by molar-refractivity contribution is -0.139. The molecule has 7 nitrogen and oxygen atoms in total. The van der Waals surface area contributed by atoms with E-state index in [0.717, 1.165) is 69.7 Å². The minimum atomic E-state index is -0.0741. The highest BCUT2D eigenvalue weighted by Gasteiger charge is 2.34. The Morgan fingerprint density at radius 1 is 1.03 bits per heavy atom. The van der Waals surface area contributed by atoms with E-state index in [1.54, 1.807) is 0 Å². The van der Waals surface area contributed by atoms with Crippen molar-refractivity contribution in [3.63, 3.8) is 0 Å². The Morgan fingerprint density at radius 2 is 1.82 bits per heavy atom. The number of carbonyl (C=O) groups is 1. The summed E-state index contributed by atoms with van der Waals surface area (Å²) < 4.78 is 6.19. The molecule has 1 unspecified atom stereocenters. The summed E-state index contributed by atoms with van der Waals surface area (Å²) in [6, 6.07) is 10.4. The van der Waals surface area contributed by atoms with Gasteiger partial charge in [-0.05, 0) is 62.9 Å². The van der Waals surface area contributed by atoms with Gasteiger partial charge in [0.25, 0.3) is 0 Å². The lowest BCUT2D eigenvalue weighted by Crippen LogP contribution is -2.40. The second-order valence-corrected chi connectivity index (χ2v) is 9.71. The number of carbonyl (C=O) groups excluding carboxylic acids is 1. The summed E-state index contributed by atoms with van der Waals surface area (Å²) in [7, 11) is 0. The predicted octanol–water partition coefficient (Wildman–Crippen LogP) is 4.71. The number of hydrogen-bond acceptors (Lipinski definition) is 6. The summed E-state index contributed by atoms with van der Waals surface area (Å²) in [5.74, 6) is 1.80. The lowest BCUT2D eigenvalue weighted by Gasteiger charge is -2.34. The van der Waals surface area contributed by atoms with Gasteiger partial charge in [0.1, 0.15) is 6.04 Å². The van der Waals surface area contributed by atoms with Crippen LogP contribution in [0.1, 0.15) is 75.3 Å². The van der Waals surface area contributed by atoms with Crippen molar-refractivity contribution >= 4 is 16.8 Å². The Kier molecular flexibility index (Phi) is 6.40. The summed E-state index contributed by atoms with van der Waals surface area (Å²) in [5, 5.41) is 10.1. The zero-order chi connectivity index (χ0) is 22.8. The third kappa shape index (κ3) is 4.64. The van der Waals surface area contributed by atoms with Crippen molar-refractivity contribution in [1.29, 1.82) is 0 Å². The lowest BCUT2D eigenvalue weighted by atomic mass is 9.96. The maximum absolute atomic E-state index is 12.7. The van der Waals surface area contributed by atoms with E-state index >= 15 is 0 Å². The van der Waals surface area contributed by atoms with E-state index in [4.69, 9.17) is 4.42 Å². The number of aromatic nitrogens is 3. The van der Waals surface area contributed by atoms with Crippen molar-refractivity contribution in [1.82, 2.24) is 25.0 Å². The van der Waals surface area contributed by atoms with Crippen LogP contribution in [0.15, 0.2) is 40.9 Å². The third-order valence-corrected chi connectivity index (χ3v) is 7.09. The fourth-order valence-corrected chi connectivity index (χ4v) is 5.20. The molecule has 0 aliphatic carbocycles. The molecule has 0 saturated carbocycles. The van der Waals surface area contributed by atoms with Gasteiger partial charge < -0.3 is 9.32 Å². The van der Waals surface area contributed by atoms with Crippen LogP contribution in [0.3, 0.4) is 0 Å². The number of nitrogens with zero attached hydrogens (tertiary/aromatic N) is 5. The first-order valence-electron chi connectivity index (χ1n) is 12.3. The molecule has 2 fully saturated rings. The van der Waals surface area contributed by atoms with Gasteiger partial charge in [-0.25, -0.2) is 0 Å². The number of para-hydroxylation sites is 1. The van der Waals surface area contributed by atoms with Crippen LogP contribution in [0, 0.1) is 5.92 Å². The standard InChI is InChI=1S/C26H33N5O2/c1-18(2)26(32)31-14-6-5-9-23(31)25-29-28-24(33-25)19-11-15-30(16-12-19)17-20-10-13-27-22-8-4-3-7-21(20)22/h3-4,7-8,10,13,18-19,23H,5-6,9,11-12,14-17H2,1-2H3. The van der Waals surface area contributed by atoms with Crippen LogP contribution in [0.5, 0.6) is 0 Å². The van der Waals surface area contributed by atoms with Crippen LogP contribution in [0.4, 0.5) is 0 Å². The first-order valence-corrected chi connectivity index (χ1v) is 12.3. The summed E-state index contributed by atoms with van der Waals surface area (Å²) in [6.45, 7) is 7.62. The zero-order valence-electron chi connectivity index (χ0n) is 19.6. The summed E-state index contributed by atoms with van der Waals surface area (Å²) in [4.78, 5) is 21.6. The maximum Gasteiger partial charge on any atom is 0.238 e. The number of rotatable bonds is 5. The van der Waals surface area contributed by atoms with Crippen molar-refractivity contribution in [2.45, 2.75) is 64.5 Å². The van der Waals surface area contributed by atoms with Crippen molar-refractivity contribution < 1.29 is 9.21 Å². The fraction of sp³-hybridized carbons (Fsp3) is 0.538. The van der Waals surface area contributed by atoms with E-state index in [1.807, 2.05) is 31.0 Å². The van der Waals surface area contributed by atoms with Crippen LogP contribution in [-0.2, 0) is 11.3 Å². The quantitative estimate of drug-likeness (QED) is 0.564. The van der Waals surface area contributed by atoms with Gasteiger partial charge in [0.15, 0.2) is 0 Å². The molecule has 33 heavy (non-hydrogen) atoms. The highest BCUT2D eigenvalue weighted by atomic mass is 16.4. The average Bonchev–Trinajstić information content (AvgIpc) is 3.34. The van der Waals surface area contributed by atoms with Gasteiger partial charge in [0.2, 0.25) is 17.7 Å². The molecule has 2 aromatic heterocycles. The van der Waals surface area contributed by atoms with Crippen LogP contribution >= 0.6 is 0 Å². The summed E-state index contributed by atoms with van der Waals surface area (Å²) in [6.07, 6.45) is 6.95. The third-order valence-electron chi connectivity index (χ3n) is 7.09. The van der Waals surface area contributed by atoms with Crippen LogP contribution in [0.2, 0.25) is 0 Å². The molecule has 7 heteroatoms. The van der Waals surface area contributed by atoms with Crippen LogP contribution in [0.25, 0.3) is 10.9 Å². The molecule has 4 heterocycles. The minimum absolute atomic E-state index is 0.0187. The van der Waals surface area contributed by atoms with Crippen molar-refractivity contribution in [3.8, 4) is 0 Å². The van der Waals surface area contributed by atoms with Gasteiger partial charge in [0.05, 0.1) is 5.52 Å². The number of piperidine rings is 2. The molecule has 174 valence electrons. The number of benzene rings is 1. The molecule has 3 aromatic rings. The fourth-order valence-electron chi connectivity index (χ4n) is 5.20. The Balaban J connectivity index is 1.22. The highest BCUT2D eigenvalue weighted by Crippen LogP contribution is 2.34. The number of fused-ring (bicyclic) bond motifs is 1. The van der Waals surface area contributed by atoms with Crippen LogP contribution < -0.4 is 0 Å². The molecule has 1 atom stereocenters. The minimum Gasteiger partial charge on any atom is -0.423 e. The number of pyridine rings is 1. The van der Waals surface area contributed by atoms with E-state index in [9.17, 15) is 4.79 Å². The van der Waals surface area contributed by atoms with Gasteiger partial charge in [-0.1, -0.05) is 32.0 Å². The van der Waals surface area contributed by atoms with Crippen molar-refractivity contribution in [3.05, 3.63) is 53.9 Å². The van der Waals surface area contributed by atoms with Crippen molar-refractivity contribution in [2.24, 2.45) is 5.92 Å². The van der Waals surface area contributed by atoms with Gasteiger partial charge in [0, 0.05) is 36.5 Å². The van der Waals surface area contributed by atoms with E-state index < -0.39 is 0 Å². The zero-order valence-corrected chi connectivity index (χ0v) is 19.6. The number of amides is 1. The Bertz CT molecular complexity index is 1100. The van der Waals surface area contributed by atoms with Crippen LogP contribution in [-0.4, -0.2) is 50.5 Å². The van der Waals surface area contributed by atoms with E-state index in [-0.39, 0.29) is 23.8 Å². The Hall–Kier alpha value is -2.80. The largest absolute Gasteiger partial charge is 0.423 e. The average molecular weight is 448 g/mol. The van der Waals surface area contributed by atoms with Crippen molar-refractivity contribution in [2.75, 3.05) is 19.6 Å². The Labute approximate surface area is 195 Å². The van der Waals surface area contributed by atoms with E-state index in [1.165, 1.54) is 10.9 Å². The second-order valence-electron chi connectivity index (χ2n) is 9.71. The molecule has 0 N–H and O–H groups in total. The monoisotopic (exact) mass is 447 g/mol. The molecule has 1 amide bonds. The maximum atomic E-state index is 12.7. The molecule has 1 aromatic carbocycles. The van der Waals surface area contributed by atoms with E-state index in [2.05, 4.69) is 44.3 Å². The first kappa shape index (κ1) is 22.0. The molecule has 2 aliphatic rings. The molecular formula is C26H33N5O2. The number of hydrogen-bond donors (Lipinski definition) is 0. The molecule has 2 aliphatic heterocycles. The van der Waals surface area contributed by atoms with E-state index in [0.29, 0.717) is 5.89 Å². The Morgan fingerprint density at radius 3 is 2.64 bits per heavy atom. The second kappa shape index (κ2) is 9.59. The molecule has 5 rings (SSSR count).